The molecule has 1 aromatic heterocycles. The third-order valence-electron chi connectivity index (χ3n) is 6.10. The minimum Gasteiger partial charge on any atom is -0.419 e. The van der Waals surface area contributed by atoms with Crippen LogP contribution in [0.25, 0.3) is 11.5 Å². The van der Waals surface area contributed by atoms with Crippen molar-refractivity contribution in [3.8, 4) is 11.5 Å². The standard InChI is InChI=1S/C21H31N5O3S/c1-17-8-7-9-19(16-17)21-23-22-20(29-21)18(2)24-12-14-26(15-13-24)30(27,28)25-10-5-3-4-6-11-25/h7-9,16,18H,3-6,10-15H2,1-2H3. The maximum absolute atomic E-state index is 13.0. The molecule has 4 rings (SSSR count). The Morgan fingerprint density at radius 3 is 2.27 bits per heavy atom. The lowest BCUT2D eigenvalue weighted by atomic mass is 10.1. The van der Waals surface area contributed by atoms with Crippen LogP contribution in [-0.2, 0) is 10.2 Å². The monoisotopic (exact) mass is 433 g/mol. The van der Waals surface area contributed by atoms with E-state index in [1.54, 1.807) is 8.61 Å². The Balaban J connectivity index is 1.38. The van der Waals surface area contributed by atoms with Gasteiger partial charge in [0.2, 0.25) is 11.8 Å². The molecule has 0 amide bonds. The summed E-state index contributed by atoms with van der Waals surface area (Å²) >= 11 is 0. The highest BCUT2D eigenvalue weighted by molar-refractivity contribution is 7.86. The first-order valence-corrected chi connectivity index (χ1v) is 12.2. The highest BCUT2D eigenvalue weighted by Crippen LogP contribution is 2.26. The molecule has 0 radical (unpaired) electrons. The Kier molecular flexibility index (Phi) is 6.52. The maximum Gasteiger partial charge on any atom is 0.282 e. The van der Waals surface area contributed by atoms with E-state index in [-0.39, 0.29) is 6.04 Å². The molecule has 0 saturated carbocycles. The summed E-state index contributed by atoms with van der Waals surface area (Å²) in [6.07, 6.45) is 4.14. The number of rotatable bonds is 5. The van der Waals surface area contributed by atoms with Crippen LogP contribution in [0.1, 0.15) is 50.1 Å². The predicted octanol–water partition coefficient (Wildman–Crippen LogP) is 2.84. The molecule has 2 aromatic rings. The van der Waals surface area contributed by atoms with Crippen molar-refractivity contribution in [1.82, 2.24) is 23.7 Å². The lowest BCUT2D eigenvalue weighted by Gasteiger charge is -2.38. The topological polar surface area (TPSA) is 82.8 Å². The summed E-state index contributed by atoms with van der Waals surface area (Å²) in [4.78, 5) is 2.21. The average molecular weight is 434 g/mol. The van der Waals surface area contributed by atoms with E-state index in [9.17, 15) is 8.42 Å². The molecule has 8 nitrogen and oxygen atoms in total. The molecule has 1 unspecified atom stereocenters. The van der Waals surface area contributed by atoms with Gasteiger partial charge in [0.1, 0.15) is 0 Å². The number of benzene rings is 1. The first-order chi connectivity index (χ1) is 14.4. The molecule has 30 heavy (non-hydrogen) atoms. The first-order valence-electron chi connectivity index (χ1n) is 10.8. The summed E-state index contributed by atoms with van der Waals surface area (Å²) in [7, 11) is -3.37. The van der Waals surface area contributed by atoms with Crippen molar-refractivity contribution in [1.29, 1.82) is 0 Å². The second-order valence-corrected chi connectivity index (χ2v) is 10.2. The zero-order valence-corrected chi connectivity index (χ0v) is 18.6. The average Bonchev–Trinajstić information content (AvgIpc) is 3.08. The van der Waals surface area contributed by atoms with E-state index in [1.165, 1.54) is 0 Å². The zero-order chi connectivity index (χ0) is 21.1. The van der Waals surface area contributed by atoms with Crippen LogP contribution >= 0.6 is 0 Å². The van der Waals surface area contributed by atoms with Crippen molar-refractivity contribution in [2.45, 2.75) is 45.6 Å². The van der Waals surface area contributed by atoms with Crippen molar-refractivity contribution in [2.75, 3.05) is 39.3 Å². The minimum atomic E-state index is -3.37. The number of hydrogen-bond donors (Lipinski definition) is 0. The fourth-order valence-electron chi connectivity index (χ4n) is 4.21. The SMILES string of the molecule is Cc1cccc(-c2nnc(C(C)N3CCN(S(=O)(=O)N4CCCCCC4)CC3)o2)c1. The molecular weight excluding hydrogens is 402 g/mol. The summed E-state index contributed by atoms with van der Waals surface area (Å²) in [5.74, 6) is 1.08. The van der Waals surface area contributed by atoms with Gasteiger partial charge in [-0.3, -0.25) is 4.90 Å². The number of piperazine rings is 1. The van der Waals surface area contributed by atoms with Gasteiger partial charge in [-0.05, 0) is 38.8 Å². The summed E-state index contributed by atoms with van der Waals surface area (Å²) in [5.41, 5.74) is 2.05. The van der Waals surface area contributed by atoms with Crippen LogP contribution in [0.15, 0.2) is 28.7 Å². The predicted molar refractivity (Wildman–Crippen MR) is 115 cm³/mol. The van der Waals surface area contributed by atoms with E-state index in [0.29, 0.717) is 51.0 Å². The molecular formula is C21H31N5O3S. The number of aryl methyl sites for hydroxylation is 1. The molecule has 0 N–H and O–H groups in total. The second-order valence-electron chi connectivity index (χ2n) is 8.25. The van der Waals surface area contributed by atoms with Gasteiger partial charge in [-0.15, -0.1) is 10.2 Å². The smallest absolute Gasteiger partial charge is 0.282 e. The molecule has 0 aliphatic carbocycles. The number of hydrogen-bond acceptors (Lipinski definition) is 6. The van der Waals surface area contributed by atoms with Gasteiger partial charge in [0.15, 0.2) is 0 Å². The number of nitrogens with zero attached hydrogens (tertiary/aromatic N) is 5. The molecule has 0 spiro atoms. The molecule has 2 aliphatic rings. The fraction of sp³-hybridized carbons (Fsp3) is 0.619. The van der Waals surface area contributed by atoms with Crippen LogP contribution in [0.4, 0.5) is 0 Å². The van der Waals surface area contributed by atoms with Crippen molar-refractivity contribution >= 4 is 10.2 Å². The quantitative estimate of drug-likeness (QED) is 0.721. The van der Waals surface area contributed by atoms with E-state index < -0.39 is 10.2 Å². The van der Waals surface area contributed by atoms with E-state index in [4.69, 9.17) is 4.42 Å². The Hall–Kier alpha value is -1.81. The normalized spacial score (nSPS) is 21.4. The largest absolute Gasteiger partial charge is 0.419 e. The van der Waals surface area contributed by atoms with Gasteiger partial charge >= 0.3 is 0 Å². The molecule has 2 fully saturated rings. The zero-order valence-electron chi connectivity index (χ0n) is 17.8. The van der Waals surface area contributed by atoms with Gasteiger partial charge < -0.3 is 4.42 Å². The molecule has 1 aromatic carbocycles. The van der Waals surface area contributed by atoms with E-state index in [2.05, 4.69) is 15.1 Å². The lowest BCUT2D eigenvalue weighted by molar-refractivity contribution is 0.126. The fourth-order valence-corrected chi connectivity index (χ4v) is 5.88. The third-order valence-corrected chi connectivity index (χ3v) is 8.14. The van der Waals surface area contributed by atoms with Crippen LogP contribution in [0.3, 0.4) is 0 Å². The molecule has 2 aliphatic heterocycles. The highest BCUT2D eigenvalue weighted by atomic mass is 32.2. The Morgan fingerprint density at radius 1 is 0.933 bits per heavy atom. The molecule has 2 saturated heterocycles. The van der Waals surface area contributed by atoms with E-state index in [1.807, 2.05) is 38.1 Å². The van der Waals surface area contributed by atoms with Gasteiger partial charge in [-0.2, -0.15) is 17.0 Å². The Morgan fingerprint density at radius 2 is 1.60 bits per heavy atom. The summed E-state index contributed by atoms with van der Waals surface area (Å²) in [6, 6.07) is 7.93. The van der Waals surface area contributed by atoms with Crippen molar-refractivity contribution in [3.63, 3.8) is 0 Å². The van der Waals surface area contributed by atoms with Crippen molar-refractivity contribution in [2.24, 2.45) is 0 Å². The summed E-state index contributed by atoms with van der Waals surface area (Å²) in [5, 5.41) is 8.46. The van der Waals surface area contributed by atoms with Crippen molar-refractivity contribution < 1.29 is 12.8 Å². The van der Waals surface area contributed by atoms with Crippen LogP contribution < -0.4 is 0 Å². The molecule has 9 heteroatoms. The van der Waals surface area contributed by atoms with Crippen LogP contribution in [0.2, 0.25) is 0 Å². The van der Waals surface area contributed by atoms with Gasteiger partial charge in [-0.1, -0.05) is 30.5 Å². The molecule has 0 bridgehead atoms. The molecule has 1 atom stereocenters. The number of aromatic nitrogens is 2. The van der Waals surface area contributed by atoms with Crippen LogP contribution in [0.5, 0.6) is 0 Å². The highest BCUT2D eigenvalue weighted by Gasteiger charge is 2.34. The lowest BCUT2D eigenvalue weighted by Crippen LogP contribution is -2.53. The molecule has 164 valence electrons. The Labute approximate surface area is 179 Å². The van der Waals surface area contributed by atoms with Gasteiger partial charge in [-0.25, -0.2) is 0 Å². The van der Waals surface area contributed by atoms with Crippen molar-refractivity contribution in [3.05, 3.63) is 35.7 Å². The summed E-state index contributed by atoms with van der Waals surface area (Å²) in [6.45, 7) is 7.62. The van der Waals surface area contributed by atoms with Crippen LogP contribution in [-0.4, -0.2) is 71.4 Å². The second kappa shape index (κ2) is 9.13. The molecule has 3 heterocycles. The van der Waals surface area contributed by atoms with Gasteiger partial charge in [0.05, 0.1) is 6.04 Å². The van der Waals surface area contributed by atoms with Crippen LogP contribution in [0, 0.1) is 6.92 Å². The first kappa shape index (κ1) is 21.4. The van der Waals surface area contributed by atoms with Gasteiger partial charge in [0, 0.05) is 44.8 Å². The maximum atomic E-state index is 13.0. The van der Waals surface area contributed by atoms with Gasteiger partial charge in [0.25, 0.3) is 10.2 Å². The Bertz CT molecular complexity index is 945. The summed E-state index contributed by atoms with van der Waals surface area (Å²) < 4.78 is 35.3. The minimum absolute atomic E-state index is 0.0564. The van der Waals surface area contributed by atoms with E-state index >= 15 is 0 Å². The third kappa shape index (κ3) is 4.59. The van der Waals surface area contributed by atoms with E-state index in [0.717, 1.165) is 36.8 Å².